The number of hydrogen-bond acceptors (Lipinski definition) is 3. The topological polar surface area (TPSA) is 9.72 Å². The molecule has 328 valence electrons. The van der Waals surface area contributed by atoms with Crippen LogP contribution in [-0.4, -0.2) is 0 Å². The molecule has 0 atom stereocenters. The van der Waals surface area contributed by atoms with Crippen LogP contribution in [0, 0.1) is 0 Å². The molecule has 0 spiro atoms. The highest BCUT2D eigenvalue weighted by molar-refractivity contribution is 5.90. The van der Waals surface area contributed by atoms with Crippen molar-refractivity contribution in [2.45, 2.75) is 48.0 Å². The highest BCUT2D eigenvalue weighted by atomic mass is 15.2. The summed E-state index contributed by atoms with van der Waals surface area (Å²) >= 11 is 0. The summed E-state index contributed by atoms with van der Waals surface area (Å²) in [6.07, 6.45) is 14.0. The summed E-state index contributed by atoms with van der Waals surface area (Å²) in [5, 5.41) is 0. The molecule has 0 N–H and O–H groups in total. The van der Waals surface area contributed by atoms with Gasteiger partial charge in [0.05, 0.1) is 17.1 Å². The molecule has 3 nitrogen and oxygen atoms in total. The lowest BCUT2D eigenvalue weighted by Gasteiger charge is -2.33. The number of anilines is 9. The molecule has 0 heterocycles. The van der Waals surface area contributed by atoms with Crippen LogP contribution in [-0.2, 0) is 0 Å². The number of allylic oxidation sites excluding steroid dienone is 8. The maximum atomic E-state index is 2.37. The van der Waals surface area contributed by atoms with Gasteiger partial charge in [0.25, 0.3) is 0 Å². The number of hydrogen-bond donors (Lipinski definition) is 0. The van der Waals surface area contributed by atoms with Gasteiger partial charge in [-0.05, 0) is 152 Å². The molecule has 0 aliphatic heterocycles. The molecule has 8 rings (SSSR count). The van der Waals surface area contributed by atoms with Crippen molar-refractivity contribution in [1.29, 1.82) is 0 Å². The van der Waals surface area contributed by atoms with Gasteiger partial charge in [0.15, 0.2) is 0 Å². The Hall–Kier alpha value is -7.88. The van der Waals surface area contributed by atoms with Crippen LogP contribution in [0.4, 0.5) is 51.2 Å². The van der Waals surface area contributed by atoms with Gasteiger partial charge in [-0.15, -0.1) is 0 Å². The Morgan fingerprint density at radius 3 is 1.00 bits per heavy atom. The lowest BCUT2D eigenvalue weighted by Crippen LogP contribution is -2.16. The van der Waals surface area contributed by atoms with Crippen molar-refractivity contribution in [2.24, 2.45) is 0 Å². The summed E-state index contributed by atoms with van der Waals surface area (Å²) in [6, 6.07) is 76.4. The smallest absolute Gasteiger partial charge is 0.0503 e. The monoisotopic (exact) mass is 859 g/mol. The first-order valence-electron chi connectivity index (χ1n) is 23.3. The van der Waals surface area contributed by atoms with Gasteiger partial charge in [-0.3, -0.25) is 0 Å². The Kier molecular flexibility index (Phi) is 16.2. The SMILES string of the molecule is C/C=C\C(=C/C)c1ccc(N(c2ccccc2)c2cc(N(c3ccccc3)c3ccc(C(/C=C\C)=C/CC)cc3)cc(N(c3ccccc3)c3ccc(-c4ccccc4)cc3)c2)cc1.CC. The normalized spacial score (nSPS) is 11.6. The third-order valence-corrected chi connectivity index (χ3v) is 11.3. The zero-order valence-electron chi connectivity index (χ0n) is 39.2. The van der Waals surface area contributed by atoms with E-state index in [0.29, 0.717) is 0 Å². The second-order valence-electron chi connectivity index (χ2n) is 15.5. The predicted molar refractivity (Wildman–Crippen MR) is 289 cm³/mol. The average molecular weight is 860 g/mol. The van der Waals surface area contributed by atoms with Crippen LogP contribution < -0.4 is 14.7 Å². The van der Waals surface area contributed by atoms with Crippen LogP contribution in [0.1, 0.15) is 59.1 Å². The second kappa shape index (κ2) is 23.2. The fourth-order valence-corrected chi connectivity index (χ4v) is 8.30. The van der Waals surface area contributed by atoms with Gasteiger partial charge in [-0.25, -0.2) is 0 Å². The zero-order valence-corrected chi connectivity index (χ0v) is 39.2. The van der Waals surface area contributed by atoms with Gasteiger partial charge < -0.3 is 14.7 Å². The minimum Gasteiger partial charge on any atom is -0.310 e. The fourth-order valence-electron chi connectivity index (χ4n) is 8.30. The molecule has 0 aliphatic rings. The molecule has 0 radical (unpaired) electrons. The second-order valence-corrected chi connectivity index (χ2v) is 15.5. The first kappa shape index (κ1) is 46.1. The van der Waals surface area contributed by atoms with E-state index in [-0.39, 0.29) is 0 Å². The van der Waals surface area contributed by atoms with Gasteiger partial charge in [-0.1, -0.05) is 179 Å². The van der Waals surface area contributed by atoms with Crippen molar-refractivity contribution in [2.75, 3.05) is 14.7 Å². The molecular weight excluding hydrogens is 799 g/mol. The first-order valence-corrected chi connectivity index (χ1v) is 23.3. The van der Waals surface area contributed by atoms with Gasteiger partial charge in [0, 0.05) is 34.1 Å². The Morgan fingerprint density at radius 1 is 0.348 bits per heavy atom. The molecule has 0 unspecified atom stereocenters. The third kappa shape index (κ3) is 10.9. The van der Waals surface area contributed by atoms with E-state index in [1.54, 1.807) is 0 Å². The summed E-state index contributed by atoms with van der Waals surface area (Å²) in [7, 11) is 0. The molecule has 0 fully saturated rings. The molecule has 66 heavy (non-hydrogen) atoms. The molecule has 3 heteroatoms. The Morgan fingerprint density at radius 2 is 0.652 bits per heavy atom. The molecule has 0 saturated carbocycles. The van der Waals surface area contributed by atoms with Crippen molar-refractivity contribution < 1.29 is 0 Å². The molecule has 8 aromatic carbocycles. The molecule has 0 aromatic heterocycles. The van der Waals surface area contributed by atoms with Crippen LogP contribution in [0.3, 0.4) is 0 Å². The number of para-hydroxylation sites is 3. The minimum absolute atomic E-state index is 0.965. The summed E-state index contributed by atoms with van der Waals surface area (Å²) in [5.74, 6) is 0. The van der Waals surface area contributed by atoms with Crippen LogP contribution in [0.5, 0.6) is 0 Å². The number of nitrogens with zero attached hydrogens (tertiary/aromatic N) is 3. The highest BCUT2D eigenvalue weighted by Crippen LogP contribution is 2.46. The Balaban J connectivity index is 0.00000320. The molecular formula is C63H61N3. The molecule has 8 aromatic rings. The van der Waals surface area contributed by atoms with E-state index in [9.17, 15) is 0 Å². The summed E-state index contributed by atoms with van der Waals surface area (Å²) in [6.45, 7) is 12.4. The highest BCUT2D eigenvalue weighted by Gasteiger charge is 2.22. The van der Waals surface area contributed by atoms with Crippen molar-refractivity contribution >= 4 is 62.3 Å². The van der Waals surface area contributed by atoms with E-state index in [0.717, 1.165) is 57.6 Å². The standard InChI is InChI=1S/C61H55N3.C2H6/c1-5-21-47(8-4)50-32-38-56(39-33-50)62(53-26-15-10-16-27-53)59-44-60(63(54-28-17-11-18-29-54)57-40-34-51(35-41-57)48(22-6-2)23-7-3)46-61(45-59)64(55-30-19-12-20-31-55)58-42-36-52(37-43-58)49-24-13-9-14-25-49;1-2/h5-6,8-46H,7H2,1-4H3;1-2H3/b21-5-,22-6-,47-8+,48-23+;. The lowest BCUT2D eigenvalue weighted by molar-refractivity contribution is 1.22. The maximum Gasteiger partial charge on any atom is 0.0503 e. The predicted octanol–water partition coefficient (Wildman–Crippen LogP) is 19.1. The van der Waals surface area contributed by atoms with Crippen molar-refractivity contribution in [3.8, 4) is 11.1 Å². The summed E-state index contributed by atoms with van der Waals surface area (Å²) < 4.78 is 0. The maximum absolute atomic E-state index is 2.37. The largest absolute Gasteiger partial charge is 0.310 e. The van der Waals surface area contributed by atoms with Gasteiger partial charge in [0.2, 0.25) is 0 Å². The van der Waals surface area contributed by atoms with Crippen molar-refractivity contribution in [3.05, 3.63) is 260 Å². The van der Waals surface area contributed by atoms with Gasteiger partial charge >= 0.3 is 0 Å². The zero-order chi connectivity index (χ0) is 46.1. The summed E-state index contributed by atoms with van der Waals surface area (Å²) in [5.41, 5.74) is 16.6. The van der Waals surface area contributed by atoms with E-state index in [1.807, 2.05) is 13.8 Å². The molecule has 0 saturated heterocycles. The molecule has 0 aliphatic carbocycles. The minimum atomic E-state index is 0.965. The van der Waals surface area contributed by atoms with E-state index < -0.39 is 0 Å². The van der Waals surface area contributed by atoms with E-state index in [4.69, 9.17) is 0 Å². The van der Waals surface area contributed by atoms with Crippen LogP contribution in [0.15, 0.2) is 249 Å². The van der Waals surface area contributed by atoms with Crippen LogP contribution >= 0.6 is 0 Å². The van der Waals surface area contributed by atoms with Gasteiger partial charge in [-0.2, -0.15) is 0 Å². The quantitative estimate of drug-likeness (QED) is 0.0951. The van der Waals surface area contributed by atoms with Gasteiger partial charge in [0.1, 0.15) is 0 Å². The van der Waals surface area contributed by atoms with E-state index in [2.05, 4.69) is 291 Å². The average Bonchev–Trinajstić information content (AvgIpc) is 3.38. The molecule has 0 bridgehead atoms. The fraction of sp³-hybridized carbons (Fsp3) is 0.111. The van der Waals surface area contributed by atoms with Crippen molar-refractivity contribution in [1.82, 2.24) is 0 Å². The molecule has 0 amide bonds. The van der Waals surface area contributed by atoms with Crippen LogP contribution in [0.2, 0.25) is 0 Å². The Labute approximate surface area is 394 Å². The van der Waals surface area contributed by atoms with Crippen molar-refractivity contribution in [3.63, 3.8) is 0 Å². The van der Waals surface area contributed by atoms with E-state index in [1.165, 1.54) is 33.4 Å². The number of benzene rings is 8. The summed E-state index contributed by atoms with van der Waals surface area (Å²) in [4.78, 5) is 7.11. The first-order chi connectivity index (χ1) is 32.6. The lowest BCUT2D eigenvalue weighted by atomic mass is 10.0. The Bertz CT molecular complexity index is 2840. The third-order valence-electron chi connectivity index (χ3n) is 11.3. The van der Waals surface area contributed by atoms with Crippen LogP contribution in [0.25, 0.3) is 22.3 Å². The van der Waals surface area contributed by atoms with E-state index >= 15 is 0 Å². The number of rotatable bonds is 15.